The van der Waals surface area contributed by atoms with Crippen molar-refractivity contribution in [3.63, 3.8) is 0 Å². The predicted octanol–water partition coefficient (Wildman–Crippen LogP) is 10.2. The fourth-order valence-corrected chi connectivity index (χ4v) is 7.07. The van der Waals surface area contributed by atoms with E-state index >= 15 is 0 Å². The van der Waals surface area contributed by atoms with E-state index < -0.39 is 0 Å². The number of hydrogen-bond donors (Lipinski definition) is 0. The maximum absolute atomic E-state index is 7.16. The van der Waals surface area contributed by atoms with E-state index in [2.05, 4.69) is 123 Å². The van der Waals surface area contributed by atoms with Crippen LogP contribution in [0.2, 0.25) is 0 Å². The minimum absolute atomic E-state index is 0.124. The summed E-state index contributed by atoms with van der Waals surface area (Å²) >= 11 is 0. The number of aryl methyl sites for hydroxylation is 3. The monoisotopic (exact) mass is 530 g/mol. The van der Waals surface area contributed by atoms with Crippen LogP contribution in [0.4, 0.5) is 0 Å². The van der Waals surface area contributed by atoms with Crippen LogP contribution in [-0.2, 0) is 19.9 Å². The van der Waals surface area contributed by atoms with E-state index in [0.29, 0.717) is 0 Å². The molecule has 0 unspecified atom stereocenters. The van der Waals surface area contributed by atoms with Gasteiger partial charge in [-0.3, -0.25) is 0 Å². The van der Waals surface area contributed by atoms with Gasteiger partial charge in [0.05, 0.1) is 10.9 Å². The lowest BCUT2D eigenvalue weighted by atomic mass is 9.79. The lowest BCUT2D eigenvalue weighted by molar-refractivity contribution is -0.659. The molecule has 5 aromatic rings. The van der Waals surface area contributed by atoms with Gasteiger partial charge in [-0.15, -0.1) is 0 Å². The summed E-state index contributed by atoms with van der Waals surface area (Å²) in [5, 5.41) is 7.88. The van der Waals surface area contributed by atoms with E-state index in [9.17, 15) is 0 Å². The SMILES string of the molecule is Cc1c(C)c(C)c2c(cc3c4c([n+](C)ccc42)-c2c(c(CC(C)(C)C)c4ccccc4c2C)O3)c1CC(C)(C)C. The van der Waals surface area contributed by atoms with Gasteiger partial charge >= 0.3 is 0 Å². The highest BCUT2D eigenvalue weighted by molar-refractivity contribution is 6.18. The first-order chi connectivity index (χ1) is 18.7. The first-order valence-electron chi connectivity index (χ1n) is 14.8. The van der Waals surface area contributed by atoms with Crippen molar-refractivity contribution in [3.8, 4) is 22.8 Å². The minimum Gasteiger partial charge on any atom is -0.455 e. The van der Waals surface area contributed by atoms with Crippen LogP contribution in [0.25, 0.3) is 43.6 Å². The molecule has 0 amide bonds. The van der Waals surface area contributed by atoms with Gasteiger partial charge in [-0.2, -0.15) is 0 Å². The first-order valence-corrected chi connectivity index (χ1v) is 14.8. The van der Waals surface area contributed by atoms with Crippen molar-refractivity contribution in [1.82, 2.24) is 0 Å². The number of fused-ring (bicyclic) bond motifs is 5. The van der Waals surface area contributed by atoms with Crippen LogP contribution in [0.15, 0.2) is 42.6 Å². The van der Waals surface area contributed by atoms with Crippen LogP contribution in [0, 0.1) is 38.5 Å². The highest BCUT2D eigenvalue weighted by atomic mass is 16.5. The molecule has 0 fully saturated rings. The summed E-state index contributed by atoms with van der Waals surface area (Å²) in [6, 6.07) is 13.6. The quantitative estimate of drug-likeness (QED) is 0.160. The molecule has 4 aromatic carbocycles. The fourth-order valence-electron chi connectivity index (χ4n) is 7.07. The summed E-state index contributed by atoms with van der Waals surface area (Å²) in [5.41, 5.74) is 11.1. The van der Waals surface area contributed by atoms with E-state index in [-0.39, 0.29) is 10.8 Å². The van der Waals surface area contributed by atoms with E-state index in [0.717, 1.165) is 24.3 Å². The molecule has 0 bridgehead atoms. The summed E-state index contributed by atoms with van der Waals surface area (Å²) in [7, 11) is 2.19. The van der Waals surface area contributed by atoms with Crippen molar-refractivity contribution in [2.75, 3.05) is 0 Å². The van der Waals surface area contributed by atoms with Gasteiger partial charge in [0.1, 0.15) is 18.5 Å². The Morgan fingerprint density at radius 2 is 1.27 bits per heavy atom. The van der Waals surface area contributed by atoms with E-state index in [1.165, 1.54) is 77.0 Å². The number of benzene rings is 4. The topological polar surface area (TPSA) is 13.1 Å². The zero-order chi connectivity index (χ0) is 28.9. The summed E-state index contributed by atoms with van der Waals surface area (Å²) in [4.78, 5) is 0. The molecule has 0 aliphatic carbocycles. The molecule has 2 nitrogen and oxygen atoms in total. The average molecular weight is 531 g/mol. The van der Waals surface area contributed by atoms with Crippen LogP contribution in [0.5, 0.6) is 11.5 Å². The largest absolute Gasteiger partial charge is 0.455 e. The normalized spacial score (nSPS) is 13.3. The Hall–Kier alpha value is -3.39. The number of hydrogen-bond acceptors (Lipinski definition) is 1. The van der Waals surface area contributed by atoms with Gasteiger partial charge in [0.15, 0.2) is 6.20 Å². The van der Waals surface area contributed by atoms with Gasteiger partial charge in [-0.05, 0) is 107 Å². The van der Waals surface area contributed by atoms with Crippen molar-refractivity contribution in [3.05, 3.63) is 76.0 Å². The average Bonchev–Trinajstić information content (AvgIpc) is 2.87. The maximum atomic E-state index is 7.16. The standard InChI is InChI=1S/C38H44NO/c1-21-22(2)29(19-37(5,6)7)28-18-31-34-27(32(28)23(21)3)16-17-39(11)35(34)33-24(4)25-14-12-13-15-26(25)30(36(33)40-31)20-38(8,9)10/h12-18H,19-20H2,1-11H3/q+1. The van der Waals surface area contributed by atoms with Gasteiger partial charge in [-0.1, -0.05) is 65.8 Å². The molecule has 1 aliphatic rings. The van der Waals surface area contributed by atoms with Gasteiger partial charge in [0.2, 0.25) is 5.69 Å². The van der Waals surface area contributed by atoms with Gasteiger partial charge in [0.25, 0.3) is 0 Å². The van der Waals surface area contributed by atoms with Crippen LogP contribution < -0.4 is 9.30 Å². The number of ether oxygens (including phenoxy) is 1. The number of rotatable bonds is 2. The van der Waals surface area contributed by atoms with Gasteiger partial charge in [-0.25, -0.2) is 4.57 Å². The smallest absolute Gasteiger partial charge is 0.228 e. The minimum atomic E-state index is 0.124. The van der Waals surface area contributed by atoms with Crippen molar-refractivity contribution in [1.29, 1.82) is 0 Å². The molecule has 0 saturated heterocycles. The molecule has 0 radical (unpaired) electrons. The molecule has 0 saturated carbocycles. The summed E-state index contributed by atoms with van der Waals surface area (Å²) < 4.78 is 9.47. The third kappa shape index (κ3) is 4.02. The third-order valence-corrected chi connectivity index (χ3v) is 9.06. The molecule has 0 N–H and O–H groups in total. The summed E-state index contributed by atoms with van der Waals surface area (Å²) in [5.74, 6) is 2.03. The number of pyridine rings is 1. The van der Waals surface area contributed by atoms with Crippen LogP contribution >= 0.6 is 0 Å². The predicted molar refractivity (Wildman–Crippen MR) is 171 cm³/mol. The summed E-state index contributed by atoms with van der Waals surface area (Å²) in [6.07, 6.45) is 4.24. The molecule has 2 heteroatoms. The molecule has 2 heterocycles. The Labute approximate surface area is 240 Å². The molecular formula is C38H44NO+. The molecule has 40 heavy (non-hydrogen) atoms. The van der Waals surface area contributed by atoms with Crippen LogP contribution in [-0.4, -0.2) is 0 Å². The molecular weight excluding hydrogens is 486 g/mol. The van der Waals surface area contributed by atoms with Crippen LogP contribution in [0.3, 0.4) is 0 Å². The van der Waals surface area contributed by atoms with Crippen molar-refractivity contribution in [2.24, 2.45) is 17.9 Å². The van der Waals surface area contributed by atoms with E-state index in [1.807, 2.05) is 0 Å². The Bertz CT molecular complexity index is 1880. The Kier molecular flexibility index (Phi) is 5.90. The van der Waals surface area contributed by atoms with E-state index in [1.54, 1.807) is 0 Å². The zero-order valence-electron chi connectivity index (χ0n) is 26.3. The second kappa shape index (κ2) is 8.80. The Morgan fingerprint density at radius 3 is 1.93 bits per heavy atom. The maximum Gasteiger partial charge on any atom is 0.228 e. The summed E-state index contributed by atoms with van der Waals surface area (Å²) in [6.45, 7) is 23.2. The number of nitrogens with zero attached hydrogens (tertiary/aromatic N) is 1. The molecule has 1 aromatic heterocycles. The first kappa shape index (κ1) is 26.8. The highest BCUT2D eigenvalue weighted by Gasteiger charge is 2.35. The molecule has 206 valence electrons. The number of aromatic nitrogens is 1. The van der Waals surface area contributed by atoms with Gasteiger partial charge < -0.3 is 4.74 Å². The van der Waals surface area contributed by atoms with Crippen LogP contribution in [0.1, 0.15) is 74.9 Å². The highest BCUT2D eigenvalue weighted by Crippen LogP contribution is 2.53. The van der Waals surface area contributed by atoms with Crippen molar-refractivity contribution in [2.45, 2.75) is 82.1 Å². The Morgan fingerprint density at radius 1 is 0.650 bits per heavy atom. The van der Waals surface area contributed by atoms with Crippen molar-refractivity contribution < 1.29 is 9.30 Å². The third-order valence-electron chi connectivity index (χ3n) is 9.06. The van der Waals surface area contributed by atoms with E-state index in [4.69, 9.17) is 4.74 Å². The van der Waals surface area contributed by atoms with Crippen molar-refractivity contribution >= 4 is 32.3 Å². The molecule has 0 atom stereocenters. The lowest BCUT2D eigenvalue weighted by Crippen LogP contribution is -2.32. The Balaban J connectivity index is 1.81. The molecule has 1 aliphatic heterocycles. The lowest BCUT2D eigenvalue weighted by Gasteiger charge is -2.29. The van der Waals surface area contributed by atoms with Gasteiger partial charge in [0, 0.05) is 17.0 Å². The second-order valence-electron chi connectivity index (χ2n) is 14.6. The zero-order valence-corrected chi connectivity index (χ0v) is 26.3. The molecule has 0 spiro atoms. The molecule has 6 rings (SSSR count). The second-order valence-corrected chi connectivity index (χ2v) is 14.6. The fraction of sp³-hybridized carbons (Fsp3) is 0.395.